The van der Waals surface area contributed by atoms with Gasteiger partial charge in [0.25, 0.3) is 5.89 Å². The number of aromatic nitrogens is 2. The van der Waals surface area contributed by atoms with Gasteiger partial charge in [-0.15, -0.1) is 0 Å². The second-order valence-corrected chi connectivity index (χ2v) is 2.07. The van der Waals surface area contributed by atoms with Crippen molar-refractivity contribution in [1.29, 1.82) is 0 Å². The minimum Gasteiger partial charge on any atom is -0.333 e. The molecule has 2 aromatic rings. The van der Waals surface area contributed by atoms with Gasteiger partial charge >= 0.3 is 0 Å². The van der Waals surface area contributed by atoms with E-state index < -0.39 is 0 Å². The molecular formula is C8H5N2O. The van der Waals surface area contributed by atoms with Gasteiger partial charge in [0.05, 0.1) is 0 Å². The topological polar surface area (TPSA) is 38.9 Å². The van der Waals surface area contributed by atoms with E-state index in [1.807, 2.05) is 30.3 Å². The van der Waals surface area contributed by atoms with E-state index in [-0.39, 0.29) is 0 Å². The van der Waals surface area contributed by atoms with Gasteiger partial charge in [-0.25, -0.2) is 0 Å². The summed E-state index contributed by atoms with van der Waals surface area (Å²) >= 11 is 0. The van der Waals surface area contributed by atoms with Crippen molar-refractivity contribution in [3.8, 4) is 11.5 Å². The highest BCUT2D eigenvalue weighted by Crippen LogP contribution is 2.13. The molecule has 0 spiro atoms. The highest BCUT2D eigenvalue weighted by Gasteiger charge is 2.00. The van der Waals surface area contributed by atoms with Crippen LogP contribution in [0, 0.1) is 6.33 Å². The van der Waals surface area contributed by atoms with Crippen LogP contribution in [0.1, 0.15) is 0 Å². The third-order valence-corrected chi connectivity index (χ3v) is 1.35. The van der Waals surface area contributed by atoms with Gasteiger partial charge in [0.15, 0.2) is 0 Å². The normalized spacial score (nSPS) is 9.82. The van der Waals surface area contributed by atoms with E-state index in [9.17, 15) is 0 Å². The number of nitrogens with zero attached hydrogens (tertiary/aromatic N) is 2. The predicted molar refractivity (Wildman–Crippen MR) is 38.6 cm³/mol. The number of hydrogen-bond donors (Lipinski definition) is 0. The zero-order valence-corrected chi connectivity index (χ0v) is 5.69. The molecule has 0 aliphatic heterocycles. The van der Waals surface area contributed by atoms with Gasteiger partial charge < -0.3 is 4.52 Å². The fourth-order valence-electron chi connectivity index (χ4n) is 0.848. The van der Waals surface area contributed by atoms with Crippen molar-refractivity contribution in [3.63, 3.8) is 0 Å². The van der Waals surface area contributed by atoms with E-state index in [1.54, 1.807) is 0 Å². The Kier molecular flexibility index (Phi) is 1.41. The summed E-state index contributed by atoms with van der Waals surface area (Å²) < 4.78 is 4.80. The Hall–Kier alpha value is -1.64. The Morgan fingerprint density at radius 3 is 2.64 bits per heavy atom. The Balaban J connectivity index is 2.46. The summed E-state index contributed by atoms with van der Waals surface area (Å²) in [6.07, 6.45) is 2.36. The number of hydrogen-bond acceptors (Lipinski definition) is 3. The van der Waals surface area contributed by atoms with Crippen molar-refractivity contribution >= 4 is 0 Å². The summed E-state index contributed by atoms with van der Waals surface area (Å²) in [6, 6.07) is 9.57. The lowest BCUT2D eigenvalue weighted by Gasteiger charge is -1.89. The standard InChI is InChI=1S/C8H5N2O/c1-2-4-7(5-3-1)8-9-6-10-11-8/h1-5H. The van der Waals surface area contributed by atoms with Crippen LogP contribution in [0.25, 0.3) is 11.5 Å². The summed E-state index contributed by atoms with van der Waals surface area (Å²) in [5.74, 6) is 0.505. The van der Waals surface area contributed by atoms with Gasteiger partial charge in [0, 0.05) is 5.56 Å². The second kappa shape index (κ2) is 2.54. The monoisotopic (exact) mass is 145 g/mol. The van der Waals surface area contributed by atoms with Crippen LogP contribution in [-0.2, 0) is 0 Å². The molecule has 0 aliphatic carbocycles. The molecule has 0 N–H and O–H groups in total. The summed E-state index contributed by atoms with van der Waals surface area (Å²) in [6.45, 7) is 0. The lowest BCUT2D eigenvalue weighted by atomic mass is 10.2. The van der Waals surface area contributed by atoms with Crippen LogP contribution >= 0.6 is 0 Å². The van der Waals surface area contributed by atoms with Crippen LogP contribution in [0.15, 0.2) is 34.9 Å². The van der Waals surface area contributed by atoms with Gasteiger partial charge in [-0.1, -0.05) is 23.4 Å². The molecule has 1 radical (unpaired) electrons. The van der Waals surface area contributed by atoms with Crippen molar-refractivity contribution in [1.82, 2.24) is 10.1 Å². The summed E-state index contributed by atoms with van der Waals surface area (Å²) in [5.41, 5.74) is 0.918. The van der Waals surface area contributed by atoms with Crippen molar-refractivity contribution < 1.29 is 4.52 Å². The van der Waals surface area contributed by atoms with Crippen LogP contribution in [0.4, 0.5) is 0 Å². The molecule has 0 unspecified atom stereocenters. The van der Waals surface area contributed by atoms with Crippen molar-refractivity contribution in [3.05, 3.63) is 36.7 Å². The lowest BCUT2D eigenvalue weighted by molar-refractivity contribution is 0.429. The molecule has 53 valence electrons. The van der Waals surface area contributed by atoms with E-state index in [4.69, 9.17) is 4.52 Å². The van der Waals surface area contributed by atoms with Crippen molar-refractivity contribution in [2.45, 2.75) is 0 Å². The molecule has 0 aliphatic rings. The second-order valence-electron chi connectivity index (χ2n) is 2.07. The van der Waals surface area contributed by atoms with Gasteiger partial charge in [-0.3, -0.25) is 0 Å². The molecule has 2 rings (SSSR count). The minimum atomic E-state index is 0.505. The SMILES string of the molecule is [c]1noc(-c2ccccc2)n1. The first-order chi connectivity index (χ1) is 5.47. The molecule has 0 fully saturated rings. The number of benzene rings is 1. The molecule has 0 saturated heterocycles. The highest BCUT2D eigenvalue weighted by atomic mass is 16.5. The fraction of sp³-hybridized carbons (Fsp3) is 0. The van der Waals surface area contributed by atoms with E-state index in [0.717, 1.165) is 5.56 Å². The molecule has 0 bridgehead atoms. The molecule has 3 nitrogen and oxygen atoms in total. The number of rotatable bonds is 1. The van der Waals surface area contributed by atoms with E-state index in [0.29, 0.717) is 5.89 Å². The quantitative estimate of drug-likeness (QED) is 0.610. The van der Waals surface area contributed by atoms with Gasteiger partial charge in [-0.2, -0.15) is 4.98 Å². The van der Waals surface area contributed by atoms with Crippen LogP contribution in [0.5, 0.6) is 0 Å². The van der Waals surface area contributed by atoms with E-state index >= 15 is 0 Å². The highest BCUT2D eigenvalue weighted by molar-refractivity contribution is 5.51. The maximum absolute atomic E-state index is 4.80. The molecule has 0 saturated carbocycles. The molecule has 0 amide bonds. The van der Waals surface area contributed by atoms with Gasteiger partial charge in [-0.05, 0) is 12.1 Å². The molecule has 11 heavy (non-hydrogen) atoms. The van der Waals surface area contributed by atoms with Crippen molar-refractivity contribution in [2.75, 3.05) is 0 Å². The molecule has 1 heterocycles. The van der Waals surface area contributed by atoms with Crippen LogP contribution in [0.2, 0.25) is 0 Å². The van der Waals surface area contributed by atoms with Crippen LogP contribution in [-0.4, -0.2) is 10.1 Å². The third-order valence-electron chi connectivity index (χ3n) is 1.35. The lowest BCUT2D eigenvalue weighted by Crippen LogP contribution is -1.73. The van der Waals surface area contributed by atoms with Crippen molar-refractivity contribution in [2.24, 2.45) is 0 Å². The third kappa shape index (κ3) is 1.12. The van der Waals surface area contributed by atoms with Gasteiger partial charge in [0.2, 0.25) is 6.33 Å². The van der Waals surface area contributed by atoms with Crippen LogP contribution in [0.3, 0.4) is 0 Å². The molecule has 0 atom stereocenters. The Morgan fingerprint density at radius 1 is 1.18 bits per heavy atom. The molecule has 1 aromatic carbocycles. The first-order valence-corrected chi connectivity index (χ1v) is 3.22. The van der Waals surface area contributed by atoms with Gasteiger partial charge in [0.1, 0.15) is 0 Å². The summed E-state index contributed by atoms with van der Waals surface area (Å²) in [4.78, 5) is 3.78. The van der Waals surface area contributed by atoms with E-state index in [1.165, 1.54) is 0 Å². The first kappa shape index (κ1) is 6.09. The van der Waals surface area contributed by atoms with Crippen LogP contribution < -0.4 is 0 Å². The molecule has 1 aromatic heterocycles. The first-order valence-electron chi connectivity index (χ1n) is 3.22. The zero-order chi connectivity index (χ0) is 7.52. The average Bonchev–Trinajstić information content (AvgIpc) is 2.58. The minimum absolute atomic E-state index is 0.505. The average molecular weight is 145 g/mol. The predicted octanol–water partition coefficient (Wildman–Crippen LogP) is 1.54. The maximum atomic E-state index is 4.80. The Labute approximate surface area is 63.7 Å². The molecular weight excluding hydrogens is 140 g/mol. The summed E-state index contributed by atoms with van der Waals surface area (Å²) in [7, 11) is 0. The zero-order valence-electron chi connectivity index (χ0n) is 5.69. The Morgan fingerprint density at radius 2 is 2.00 bits per heavy atom. The Bertz CT molecular complexity index is 315. The smallest absolute Gasteiger partial charge is 0.258 e. The largest absolute Gasteiger partial charge is 0.333 e. The van der Waals surface area contributed by atoms with E-state index in [2.05, 4.69) is 16.5 Å². The maximum Gasteiger partial charge on any atom is 0.258 e. The summed E-state index contributed by atoms with van der Waals surface area (Å²) in [5, 5.41) is 3.39. The molecule has 3 heteroatoms. The fourth-order valence-corrected chi connectivity index (χ4v) is 0.848.